The smallest absolute Gasteiger partial charge is 0.341 e. The van der Waals surface area contributed by atoms with Gasteiger partial charge in [0.1, 0.15) is 0 Å². The van der Waals surface area contributed by atoms with Crippen LogP contribution in [0.3, 0.4) is 0 Å². The van der Waals surface area contributed by atoms with Crippen LogP contribution in [0.5, 0.6) is 0 Å². The highest BCUT2D eigenvalue weighted by Gasteiger charge is 2.61. The van der Waals surface area contributed by atoms with Crippen LogP contribution in [0.2, 0.25) is 0 Å². The molecule has 0 aromatic heterocycles. The zero-order chi connectivity index (χ0) is 12.0. The summed E-state index contributed by atoms with van der Waals surface area (Å²) in [6.45, 7) is 0. The average molecular weight is 260 g/mol. The first-order valence-electron chi connectivity index (χ1n) is 3.41. The van der Waals surface area contributed by atoms with Gasteiger partial charge in [-0.15, -0.1) is 0 Å². The summed E-state index contributed by atoms with van der Waals surface area (Å²) in [6.07, 6.45) is 0. The van der Waals surface area contributed by atoms with E-state index in [0.29, 0.717) is 0 Å². The van der Waals surface area contributed by atoms with Gasteiger partial charge in [0.2, 0.25) is 0 Å². The zero-order valence-electron chi connectivity index (χ0n) is 6.88. The van der Waals surface area contributed by atoms with Crippen LogP contribution in [-0.2, 0) is 23.5 Å². The number of carbonyl (C=O) groups excluding carboxylic acids is 2. The van der Waals surface area contributed by atoms with Crippen LogP contribution in [0.1, 0.15) is 0 Å². The molecule has 1 heterocycles. The van der Waals surface area contributed by atoms with E-state index >= 15 is 0 Å². The minimum Gasteiger partial charge on any atom is -0.392 e. The van der Waals surface area contributed by atoms with Gasteiger partial charge in [0.25, 0.3) is 0 Å². The minimum atomic E-state index is -5.15. The molecule has 15 heavy (non-hydrogen) atoms. The van der Waals surface area contributed by atoms with Crippen molar-refractivity contribution in [2.24, 2.45) is 0 Å². The van der Waals surface area contributed by atoms with Gasteiger partial charge in [-0.3, -0.25) is 18.7 Å². The molecule has 1 fully saturated rings. The highest BCUT2D eigenvalue weighted by molar-refractivity contribution is 7.59. The van der Waals surface area contributed by atoms with E-state index in [9.17, 15) is 18.7 Å². The van der Waals surface area contributed by atoms with Crippen molar-refractivity contribution in [1.82, 2.24) is 0 Å². The maximum atomic E-state index is 10.8. The number of ether oxygens (including phenoxy) is 1. The Balaban J connectivity index is 3.24. The van der Waals surface area contributed by atoms with Crippen LogP contribution in [-0.4, -0.2) is 42.8 Å². The van der Waals surface area contributed by atoms with Crippen LogP contribution in [0.4, 0.5) is 0 Å². The van der Waals surface area contributed by atoms with E-state index in [1.165, 1.54) is 0 Å². The van der Waals surface area contributed by atoms with Gasteiger partial charge in [0, 0.05) is 0 Å². The Kier molecular flexibility index (Phi) is 2.90. The van der Waals surface area contributed by atoms with Gasteiger partial charge in [-0.1, -0.05) is 0 Å². The van der Waals surface area contributed by atoms with Crippen molar-refractivity contribution in [1.29, 1.82) is 0 Å². The third kappa shape index (κ3) is 2.34. The maximum Gasteiger partial charge on any atom is 0.341 e. The van der Waals surface area contributed by atoms with Gasteiger partial charge in [0.05, 0.1) is 0 Å². The van der Waals surface area contributed by atoms with Crippen molar-refractivity contribution >= 4 is 27.1 Å². The summed E-state index contributed by atoms with van der Waals surface area (Å²) in [7, 11) is -10.3. The molecular weight excluding hydrogens is 254 g/mol. The molecule has 4 N–H and O–H groups in total. The van der Waals surface area contributed by atoms with Crippen molar-refractivity contribution in [3.63, 3.8) is 0 Å². The topological polar surface area (TPSA) is 158 Å². The zero-order valence-corrected chi connectivity index (χ0v) is 8.67. The molecule has 11 heteroatoms. The molecule has 0 amide bonds. The third-order valence-electron chi connectivity index (χ3n) is 1.71. The van der Waals surface area contributed by atoms with E-state index < -0.39 is 38.4 Å². The second-order valence-electron chi connectivity index (χ2n) is 2.81. The van der Waals surface area contributed by atoms with Crippen LogP contribution >= 0.6 is 15.2 Å². The lowest BCUT2D eigenvalue weighted by Gasteiger charge is -2.15. The van der Waals surface area contributed by atoms with Crippen molar-refractivity contribution < 1.29 is 43.0 Å². The lowest BCUT2D eigenvalue weighted by atomic mass is 10.3. The molecule has 0 saturated carbocycles. The highest BCUT2D eigenvalue weighted by Crippen LogP contribution is 2.57. The van der Waals surface area contributed by atoms with E-state index in [2.05, 4.69) is 4.74 Å². The molecule has 9 nitrogen and oxygen atoms in total. The summed E-state index contributed by atoms with van der Waals surface area (Å²) in [5.41, 5.74) is -4.85. The Labute approximate surface area is 82.4 Å². The number of carbonyl (C=O) groups is 2. The van der Waals surface area contributed by atoms with Crippen molar-refractivity contribution in [2.45, 2.75) is 11.3 Å². The molecular formula is C4H6O9P2. The second kappa shape index (κ2) is 3.48. The van der Waals surface area contributed by atoms with Gasteiger partial charge >= 0.3 is 27.1 Å². The summed E-state index contributed by atoms with van der Waals surface area (Å²) in [4.78, 5) is 56.2. The first-order chi connectivity index (χ1) is 6.55. The lowest BCUT2D eigenvalue weighted by molar-refractivity contribution is -0.151. The van der Waals surface area contributed by atoms with Crippen LogP contribution in [0.15, 0.2) is 0 Å². The van der Waals surface area contributed by atoms with Gasteiger partial charge in [0.15, 0.2) is 11.3 Å². The first kappa shape index (κ1) is 12.5. The number of cyclic esters (lactones) is 2. The molecule has 1 rings (SSSR count). The highest BCUT2D eigenvalue weighted by atomic mass is 31.2. The Hall–Kier alpha value is -0.560. The molecule has 0 aromatic carbocycles. The quantitative estimate of drug-likeness (QED) is 0.254. The second-order valence-corrected chi connectivity index (χ2v) is 6.28. The van der Waals surface area contributed by atoms with Crippen molar-refractivity contribution in [3.8, 4) is 0 Å². The molecule has 1 aliphatic rings. The molecule has 0 aromatic rings. The van der Waals surface area contributed by atoms with Gasteiger partial charge in [-0.05, 0) is 0 Å². The van der Waals surface area contributed by atoms with E-state index in [0.717, 1.165) is 0 Å². The summed E-state index contributed by atoms with van der Waals surface area (Å²) in [5, 5.41) is 0. The van der Waals surface area contributed by atoms with Crippen LogP contribution in [0, 0.1) is 0 Å². The number of rotatable bonds is 2. The summed E-state index contributed by atoms with van der Waals surface area (Å²) in [5.74, 6) is -3.25. The van der Waals surface area contributed by atoms with Gasteiger partial charge in [-0.25, -0.2) is 0 Å². The number of esters is 2. The van der Waals surface area contributed by atoms with E-state index in [-0.39, 0.29) is 0 Å². The van der Waals surface area contributed by atoms with Crippen molar-refractivity contribution in [3.05, 3.63) is 0 Å². The molecule has 0 bridgehead atoms. The predicted molar refractivity (Wildman–Crippen MR) is 42.8 cm³/mol. The fraction of sp³-hybridized carbons (Fsp3) is 0.500. The molecule has 0 spiro atoms. The molecule has 2 unspecified atom stereocenters. The Morgan fingerprint density at radius 3 is 1.33 bits per heavy atom. The van der Waals surface area contributed by atoms with Crippen LogP contribution in [0.25, 0.3) is 0 Å². The molecule has 86 valence electrons. The Bertz CT molecular complexity index is 362. The monoisotopic (exact) mass is 260 g/mol. The van der Waals surface area contributed by atoms with Gasteiger partial charge < -0.3 is 24.3 Å². The summed E-state index contributed by atoms with van der Waals surface area (Å²) < 4.78 is 25.3. The van der Waals surface area contributed by atoms with E-state index in [4.69, 9.17) is 19.6 Å². The van der Waals surface area contributed by atoms with Crippen LogP contribution < -0.4 is 0 Å². The Morgan fingerprint density at radius 2 is 1.13 bits per heavy atom. The third-order valence-corrected chi connectivity index (χ3v) is 4.41. The number of hydrogen-bond acceptors (Lipinski definition) is 5. The summed E-state index contributed by atoms with van der Waals surface area (Å²) >= 11 is 0. The van der Waals surface area contributed by atoms with Gasteiger partial charge in [-0.2, -0.15) is 0 Å². The predicted octanol–water partition coefficient (Wildman–Crippen LogP) is -1.84. The van der Waals surface area contributed by atoms with E-state index in [1.54, 1.807) is 0 Å². The van der Waals surface area contributed by atoms with Crippen molar-refractivity contribution in [2.75, 3.05) is 0 Å². The largest absolute Gasteiger partial charge is 0.392 e. The molecule has 0 radical (unpaired) electrons. The normalized spacial score (nSPS) is 28.0. The number of hydrogen-bond donors (Lipinski definition) is 4. The molecule has 2 atom stereocenters. The fourth-order valence-corrected chi connectivity index (χ4v) is 3.80. The molecule has 1 saturated heterocycles. The minimum absolute atomic E-state index is 1.62. The standard InChI is InChI=1S/C4H6O9P2/c5-3-1(14(7,8)9)2(4(6)13-3)15(10,11)12/h1-2H,(H2,7,8,9)(H2,10,11,12). The fourth-order valence-electron chi connectivity index (χ4n) is 1.12. The maximum absolute atomic E-state index is 10.8. The molecule has 1 aliphatic heterocycles. The summed E-state index contributed by atoms with van der Waals surface area (Å²) in [6, 6.07) is 0. The SMILES string of the molecule is O=C1OC(=O)C(P(=O)(O)O)C1P(=O)(O)O. The lowest BCUT2D eigenvalue weighted by Crippen LogP contribution is -2.29. The molecule has 0 aliphatic carbocycles. The first-order valence-corrected chi connectivity index (χ1v) is 6.77. The van der Waals surface area contributed by atoms with E-state index in [1.807, 2.05) is 0 Å². The average Bonchev–Trinajstić information content (AvgIpc) is 2.22. The Morgan fingerprint density at radius 1 is 0.867 bits per heavy atom.